The summed E-state index contributed by atoms with van der Waals surface area (Å²) in [6.07, 6.45) is -0.337. The van der Waals surface area contributed by atoms with Gasteiger partial charge >= 0.3 is 0 Å². The van der Waals surface area contributed by atoms with Crippen molar-refractivity contribution in [3.63, 3.8) is 0 Å². The second-order valence-corrected chi connectivity index (χ2v) is 9.38. The number of hydrogen-bond donors (Lipinski definition) is 2. The van der Waals surface area contributed by atoms with E-state index in [2.05, 4.69) is 10.0 Å². The Morgan fingerprint density at radius 2 is 1.62 bits per heavy atom. The zero-order valence-electron chi connectivity index (χ0n) is 18.0. The molecular formula is C24H22N2O7S. The van der Waals surface area contributed by atoms with Gasteiger partial charge in [0.15, 0.2) is 23.0 Å². The molecule has 1 amide bonds. The van der Waals surface area contributed by atoms with Crippen LogP contribution in [0.5, 0.6) is 23.0 Å². The molecule has 10 heteroatoms. The number of hydrogen-bond acceptors (Lipinski definition) is 7. The van der Waals surface area contributed by atoms with Crippen LogP contribution in [-0.4, -0.2) is 46.8 Å². The third kappa shape index (κ3) is 4.72. The van der Waals surface area contributed by atoms with Gasteiger partial charge in [0.1, 0.15) is 25.9 Å². The van der Waals surface area contributed by atoms with E-state index in [1.54, 1.807) is 30.3 Å². The third-order valence-electron chi connectivity index (χ3n) is 5.26. The van der Waals surface area contributed by atoms with Gasteiger partial charge in [0, 0.05) is 17.3 Å². The average molecular weight is 483 g/mol. The van der Waals surface area contributed by atoms with E-state index in [1.807, 2.05) is 18.2 Å². The fraction of sp³-hybridized carbons (Fsp3) is 0.208. The molecule has 0 radical (unpaired) electrons. The van der Waals surface area contributed by atoms with E-state index in [4.69, 9.17) is 18.9 Å². The molecule has 2 aliphatic heterocycles. The van der Waals surface area contributed by atoms with Crippen LogP contribution in [-0.2, 0) is 10.0 Å². The number of fused-ring (bicyclic) bond motifs is 2. The van der Waals surface area contributed by atoms with Crippen LogP contribution in [0.1, 0.15) is 10.4 Å². The number of nitrogens with one attached hydrogen (secondary N) is 2. The standard InChI is InChI=1S/C24H22N2O7S/c27-24(25-14-18-15-32-20-6-1-2-7-22(20)33-18)16-4-3-5-17(12-16)26-34(28,29)19-8-9-21-23(13-19)31-11-10-30-21/h1-9,12-13,18,26H,10-11,14-15H2,(H,25,27). The molecule has 2 N–H and O–H groups in total. The Hall–Kier alpha value is -3.92. The minimum atomic E-state index is -3.90. The molecule has 2 heterocycles. The summed E-state index contributed by atoms with van der Waals surface area (Å²) in [4.78, 5) is 12.7. The first-order valence-electron chi connectivity index (χ1n) is 10.7. The van der Waals surface area contributed by atoms with Gasteiger partial charge in [0.2, 0.25) is 0 Å². The van der Waals surface area contributed by atoms with Gasteiger partial charge < -0.3 is 24.3 Å². The minimum absolute atomic E-state index is 0.0290. The molecule has 34 heavy (non-hydrogen) atoms. The Kier molecular flexibility index (Phi) is 5.89. The van der Waals surface area contributed by atoms with Crippen LogP contribution >= 0.6 is 0 Å². The van der Waals surface area contributed by atoms with Gasteiger partial charge in [-0.05, 0) is 42.5 Å². The summed E-state index contributed by atoms with van der Waals surface area (Å²) in [5, 5.41) is 2.80. The summed E-state index contributed by atoms with van der Waals surface area (Å²) in [6.45, 7) is 1.32. The molecule has 0 aromatic heterocycles. The first-order chi connectivity index (χ1) is 16.5. The SMILES string of the molecule is O=C(NCC1COc2ccccc2O1)c1cccc(NS(=O)(=O)c2ccc3c(c2)OCCO3)c1. The lowest BCUT2D eigenvalue weighted by atomic mass is 10.2. The fourth-order valence-electron chi connectivity index (χ4n) is 3.60. The minimum Gasteiger partial charge on any atom is -0.486 e. The molecular weight excluding hydrogens is 460 g/mol. The molecule has 5 rings (SSSR count). The Morgan fingerprint density at radius 1 is 0.853 bits per heavy atom. The smallest absolute Gasteiger partial charge is 0.262 e. The molecule has 2 aliphatic rings. The van der Waals surface area contributed by atoms with Gasteiger partial charge in [-0.3, -0.25) is 9.52 Å². The number of sulfonamides is 1. The number of carbonyl (C=O) groups is 1. The molecule has 0 saturated carbocycles. The van der Waals surface area contributed by atoms with E-state index in [-0.39, 0.29) is 29.1 Å². The number of amides is 1. The molecule has 9 nitrogen and oxygen atoms in total. The van der Waals surface area contributed by atoms with E-state index >= 15 is 0 Å². The lowest BCUT2D eigenvalue weighted by molar-refractivity contribution is 0.0789. The van der Waals surface area contributed by atoms with Gasteiger partial charge in [-0.25, -0.2) is 8.42 Å². The van der Waals surface area contributed by atoms with E-state index in [0.717, 1.165) is 0 Å². The van der Waals surface area contributed by atoms with Crippen LogP contribution in [0.15, 0.2) is 71.6 Å². The van der Waals surface area contributed by atoms with Crippen LogP contribution in [0.3, 0.4) is 0 Å². The zero-order chi connectivity index (χ0) is 23.5. The van der Waals surface area contributed by atoms with Crippen molar-refractivity contribution in [1.29, 1.82) is 0 Å². The first kappa shape index (κ1) is 21.9. The molecule has 0 fully saturated rings. The van der Waals surface area contributed by atoms with Crippen LogP contribution in [0.2, 0.25) is 0 Å². The summed E-state index contributed by atoms with van der Waals surface area (Å²) < 4.78 is 50.6. The van der Waals surface area contributed by atoms with Crippen molar-refractivity contribution >= 4 is 21.6 Å². The van der Waals surface area contributed by atoms with Crippen molar-refractivity contribution in [2.45, 2.75) is 11.0 Å². The zero-order valence-corrected chi connectivity index (χ0v) is 18.8. The van der Waals surface area contributed by atoms with Gasteiger partial charge in [-0.2, -0.15) is 0 Å². The number of rotatable bonds is 6. The number of ether oxygens (including phenoxy) is 4. The quantitative estimate of drug-likeness (QED) is 0.556. The molecule has 0 bridgehead atoms. The van der Waals surface area contributed by atoms with Crippen molar-refractivity contribution in [1.82, 2.24) is 5.32 Å². The maximum atomic E-state index is 12.9. The van der Waals surface area contributed by atoms with Crippen molar-refractivity contribution < 1.29 is 32.2 Å². The predicted molar refractivity (Wildman–Crippen MR) is 123 cm³/mol. The molecule has 0 aliphatic carbocycles. The number of carbonyl (C=O) groups excluding carboxylic acids is 1. The summed E-state index contributed by atoms with van der Waals surface area (Å²) in [7, 11) is -3.90. The average Bonchev–Trinajstić information content (AvgIpc) is 2.86. The third-order valence-corrected chi connectivity index (χ3v) is 6.64. The van der Waals surface area contributed by atoms with Crippen LogP contribution in [0.25, 0.3) is 0 Å². The number of para-hydroxylation sites is 2. The molecule has 0 spiro atoms. The topological polar surface area (TPSA) is 112 Å². The van der Waals surface area contributed by atoms with Gasteiger partial charge in [-0.15, -0.1) is 0 Å². The van der Waals surface area contributed by atoms with E-state index in [1.165, 1.54) is 18.2 Å². The highest BCUT2D eigenvalue weighted by molar-refractivity contribution is 7.92. The van der Waals surface area contributed by atoms with Crippen LogP contribution in [0, 0.1) is 0 Å². The summed E-state index contributed by atoms with van der Waals surface area (Å²) in [5.41, 5.74) is 0.563. The number of anilines is 1. The molecule has 0 saturated heterocycles. The first-order valence-corrected chi connectivity index (χ1v) is 12.2. The van der Waals surface area contributed by atoms with Gasteiger partial charge in [0.25, 0.3) is 15.9 Å². The summed E-state index contributed by atoms with van der Waals surface area (Å²) in [5.74, 6) is 1.81. The molecule has 3 aromatic carbocycles. The Morgan fingerprint density at radius 3 is 2.47 bits per heavy atom. The maximum absolute atomic E-state index is 12.9. The maximum Gasteiger partial charge on any atom is 0.262 e. The highest BCUT2D eigenvalue weighted by Gasteiger charge is 2.22. The molecule has 3 aromatic rings. The second-order valence-electron chi connectivity index (χ2n) is 7.70. The Bertz CT molecular complexity index is 1330. The fourth-order valence-corrected chi connectivity index (χ4v) is 4.67. The largest absolute Gasteiger partial charge is 0.486 e. The molecule has 1 atom stereocenters. The Balaban J connectivity index is 1.23. The molecule has 1 unspecified atom stereocenters. The lowest BCUT2D eigenvalue weighted by Gasteiger charge is -2.26. The van der Waals surface area contributed by atoms with E-state index in [9.17, 15) is 13.2 Å². The normalized spacial score (nSPS) is 16.4. The highest BCUT2D eigenvalue weighted by Crippen LogP contribution is 2.33. The van der Waals surface area contributed by atoms with Gasteiger partial charge in [0.05, 0.1) is 11.4 Å². The van der Waals surface area contributed by atoms with Crippen molar-refractivity contribution in [3.8, 4) is 23.0 Å². The second kappa shape index (κ2) is 9.14. The summed E-state index contributed by atoms with van der Waals surface area (Å²) in [6, 6.07) is 18.0. The lowest BCUT2D eigenvalue weighted by Crippen LogP contribution is -2.40. The Labute approximate surface area is 196 Å². The molecule has 176 valence electrons. The monoisotopic (exact) mass is 482 g/mol. The van der Waals surface area contributed by atoms with E-state index < -0.39 is 10.0 Å². The van der Waals surface area contributed by atoms with Crippen molar-refractivity contribution in [3.05, 3.63) is 72.3 Å². The highest BCUT2D eigenvalue weighted by atomic mass is 32.2. The number of benzene rings is 3. The summed E-state index contributed by atoms with van der Waals surface area (Å²) >= 11 is 0. The predicted octanol–water partition coefficient (Wildman–Crippen LogP) is 2.83. The van der Waals surface area contributed by atoms with Crippen molar-refractivity contribution in [2.75, 3.05) is 31.1 Å². The van der Waals surface area contributed by atoms with Gasteiger partial charge in [-0.1, -0.05) is 18.2 Å². The van der Waals surface area contributed by atoms with E-state index in [0.29, 0.717) is 48.4 Å². The van der Waals surface area contributed by atoms with Crippen molar-refractivity contribution in [2.24, 2.45) is 0 Å². The van der Waals surface area contributed by atoms with Crippen LogP contribution < -0.4 is 29.0 Å². The van der Waals surface area contributed by atoms with Crippen LogP contribution in [0.4, 0.5) is 5.69 Å².